The molecule has 0 aromatic carbocycles. The van der Waals surface area contributed by atoms with Gasteiger partial charge in [0.25, 0.3) is 0 Å². The molecule has 1 heterocycles. The molecular formula is C14H22N2OS. The van der Waals surface area contributed by atoms with E-state index >= 15 is 0 Å². The third kappa shape index (κ3) is 2.81. The van der Waals surface area contributed by atoms with Gasteiger partial charge in [0.05, 0.1) is 0 Å². The van der Waals surface area contributed by atoms with Crippen molar-refractivity contribution >= 4 is 12.2 Å². The Balaban J connectivity index is 2.41. The largest absolute Gasteiger partial charge is 0.367 e. The number of aryl methyl sites for hydroxylation is 1. The third-order valence-electron chi connectivity index (χ3n) is 3.69. The average Bonchev–Trinajstić information content (AvgIpc) is 2.39. The number of nitrogens with one attached hydrogen (secondary N) is 1. The maximum atomic E-state index is 6.07. The predicted molar refractivity (Wildman–Crippen MR) is 75.2 cm³/mol. The van der Waals surface area contributed by atoms with Gasteiger partial charge in [0.15, 0.2) is 0 Å². The molecule has 100 valence electrons. The molecule has 1 aliphatic carbocycles. The summed E-state index contributed by atoms with van der Waals surface area (Å²) in [5.74, 6) is 0.938. The first-order valence-corrected chi connectivity index (χ1v) is 7.35. The Morgan fingerprint density at radius 2 is 2.06 bits per heavy atom. The van der Waals surface area contributed by atoms with Crippen LogP contribution in [0.5, 0.6) is 0 Å². The fourth-order valence-corrected chi connectivity index (χ4v) is 3.00. The molecule has 0 amide bonds. The molecule has 1 fully saturated rings. The molecule has 1 saturated carbocycles. The number of rotatable bonds is 4. The number of H-pyrrole nitrogens is 1. The highest BCUT2D eigenvalue weighted by Crippen LogP contribution is 2.38. The third-order valence-corrected chi connectivity index (χ3v) is 3.90. The second-order valence-corrected chi connectivity index (χ2v) is 5.35. The topological polar surface area (TPSA) is 37.9 Å². The zero-order valence-corrected chi connectivity index (χ0v) is 12.1. The Labute approximate surface area is 114 Å². The van der Waals surface area contributed by atoms with Crippen molar-refractivity contribution in [3.63, 3.8) is 0 Å². The number of aromatic amines is 1. The van der Waals surface area contributed by atoms with Crippen LogP contribution in [-0.2, 0) is 16.8 Å². The van der Waals surface area contributed by atoms with E-state index in [-0.39, 0.29) is 5.60 Å². The maximum absolute atomic E-state index is 6.07. The second kappa shape index (κ2) is 5.93. The van der Waals surface area contributed by atoms with E-state index in [9.17, 15) is 0 Å². The van der Waals surface area contributed by atoms with E-state index in [0.29, 0.717) is 4.64 Å². The van der Waals surface area contributed by atoms with Crippen molar-refractivity contribution in [2.75, 3.05) is 6.61 Å². The lowest BCUT2D eigenvalue weighted by Gasteiger charge is -2.36. The minimum absolute atomic E-state index is 0.230. The number of hydrogen-bond acceptors (Lipinski definition) is 3. The summed E-state index contributed by atoms with van der Waals surface area (Å²) in [6.45, 7) is 4.89. The van der Waals surface area contributed by atoms with Gasteiger partial charge in [0, 0.05) is 12.3 Å². The minimum Gasteiger partial charge on any atom is -0.367 e. The Kier molecular flexibility index (Phi) is 4.51. The van der Waals surface area contributed by atoms with Crippen LogP contribution in [0.4, 0.5) is 0 Å². The van der Waals surface area contributed by atoms with Gasteiger partial charge in [-0.2, -0.15) is 0 Å². The molecule has 2 rings (SSSR count). The SMILES string of the molecule is CCOC1(c2nc(=S)cc(CC)[nH]2)CCCCC1. The molecule has 0 aliphatic heterocycles. The Morgan fingerprint density at radius 3 is 2.67 bits per heavy atom. The van der Waals surface area contributed by atoms with Gasteiger partial charge in [-0.15, -0.1) is 0 Å². The summed E-state index contributed by atoms with van der Waals surface area (Å²) in [5, 5.41) is 0. The van der Waals surface area contributed by atoms with Gasteiger partial charge < -0.3 is 9.72 Å². The molecule has 0 spiro atoms. The fraction of sp³-hybridized carbons (Fsp3) is 0.714. The van der Waals surface area contributed by atoms with Gasteiger partial charge in [-0.1, -0.05) is 38.4 Å². The van der Waals surface area contributed by atoms with Crippen molar-refractivity contribution in [3.05, 3.63) is 22.2 Å². The number of ether oxygens (including phenoxy) is 1. The van der Waals surface area contributed by atoms with E-state index in [2.05, 4.69) is 23.8 Å². The van der Waals surface area contributed by atoms with Gasteiger partial charge in [-0.25, -0.2) is 4.98 Å². The zero-order chi connectivity index (χ0) is 13.0. The fourth-order valence-electron chi connectivity index (χ4n) is 2.76. The molecular weight excluding hydrogens is 244 g/mol. The molecule has 0 bridgehead atoms. The first-order chi connectivity index (χ1) is 8.70. The number of nitrogens with zero attached hydrogens (tertiary/aromatic N) is 1. The summed E-state index contributed by atoms with van der Waals surface area (Å²) in [4.78, 5) is 7.96. The van der Waals surface area contributed by atoms with Crippen LogP contribution in [0.1, 0.15) is 57.5 Å². The minimum atomic E-state index is -0.230. The Morgan fingerprint density at radius 1 is 1.33 bits per heavy atom. The van der Waals surface area contributed by atoms with Gasteiger partial charge in [0.1, 0.15) is 16.1 Å². The maximum Gasteiger partial charge on any atom is 0.140 e. The van der Waals surface area contributed by atoms with Crippen LogP contribution in [0.2, 0.25) is 0 Å². The summed E-state index contributed by atoms with van der Waals surface area (Å²) < 4.78 is 6.74. The van der Waals surface area contributed by atoms with Crippen molar-refractivity contribution in [1.29, 1.82) is 0 Å². The van der Waals surface area contributed by atoms with Crippen LogP contribution in [-0.4, -0.2) is 16.6 Å². The molecule has 1 aliphatic rings. The lowest BCUT2D eigenvalue weighted by atomic mass is 9.83. The standard InChI is InChI=1S/C14H22N2OS/c1-3-11-10-12(18)16-13(15-11)14(17-4-2)8-6-5-7-9-14/h10H,3-9H2,1-2H3,(H,15,16,18). The van der Waals surface area contributed by atoms with Crippen LogP contribution >= 0.6 is 12.2 Å². The van der Waals surface area contributed by atoms with Gasteiger partial charge in [0.2, 0.25) is 0 Å². The summed E-state index contributed by atoms with van der Waals surface area (Å²) >= 11 is 5.27. The van der Waals surface area contributed by atoms with Crippen LogP contribution in [0, 0.1) is 4.64 Å². The first-order valence-electron chi connectivity index (χ1n) is 6.95. The first kappa shape index (κ1) is 13.7. The molecule has 4 heteroatoms. The van der Waals surface area contributed by atoms with Crippen molar-refractivity contribution in [2.45, 2.75) is 58.0 Å². The summed E-state index contributed by atoms with van der Waals surface area (Å²) in [5.41, 5.74) is 0.917. The van der Waals surface area contributed by atoms with Crippen LogP contribution in [0.25, 0.3) is 0 Å². The summed E-state index contributed by atoms with van der Waals surface area (Å²) in [6.07, 6.45) is 6.75. The van der Waals surface area contributed by atoms with Crippen LogP contribution in [0.15, 0.2) is 6.07 Å². The quantitative estimate of drug-likeness (QED) is 0.840. The second-order valence-electron chi connectivity index (χ2n) is 4.93. The zero-order valence-electron chi connectivity index (χ0n) is 11.3. The van der Waals surface area contributed by atoms with Crippen molar-refractivity contribution in [1.82, 2.24) is 9.97 Å². The number of aromatic nitrogens is 2. The average molecular weight is 266 g/mol. The highest BCUT2D eigenvalue weighted by molar-refractivity contribution is 7.71. The van der Waals surface area contributed by atoms with Crippen molar-refractivity contribution in [2.24, 2.45) is 0 Å². The monoisotopic (exact) mass is 266 g/mol. The van der Waals surface area contributed by atoms with Gasteiger partial charge >= 0.3 is 0 Å². The smallest absolute Gasteiger partial charge is 0.140 e. The lowest BCUT2D eigenvalue weighted by Crippen LogP contribution is -2.34. The normalized spacial score (nSPS) is 18.8. The van der Waals surface area contributed by atoms with Crippen LogP contribution in [0.3, 0.4) is 0 Å². The molecule has 1 aromatic heterocycles. The van der Waals surface area contributed by atoms with E-state index in [1.54, 1.807) is 0 Å². The molecule has 0 unspecified atom stereocenters. The number of hydrogen-bond donors (Lipinski definition) is 1. The van der Waals surface area contributed by atoms with Gasteiger partial charge in [-0.3, -0.25) is 0 Å². The summed E-state index contributed by atoms with van der Waals surface area (Å²) in [7, 11) is 0. The van der Waals surface area contributed by atoms with Crippen molar-refractivity contribution < 1.29 is 4.74 Å². The molecule has 3 nitrogen and oxygen atoms in total. The highest BCUT2D eigenvalue weighted by atomic mass is 32.1. The highest BCUT2D eigenvalue weighted by Gasteiger charge is 2.36. The Hall–Kier alpha value is -0.740. The Bertz CT molecular complexity index is 444. The molecule has 0 saturated heterocycles. The van der Waals surface area contributed by atoms with E-state index in [0.717, 1.165) is 37.4 Å². The molecule has 0 atom stereocenters. The summed E-state index contributed by atoms with van der Waals surface area (Å²) in [6, 6.07) is 1.95. The van der Waals surface area contributed by atoms with Gasteiger partial charge in [-0.05, 0) is 32.3 Å². The molecule has 18 heavy (non-hydrogen) atoms. The molecule has 1 aromatic rings. The van der Waals surface area contributed by atoms with E-state index in [1.165, 1.54) is 19.3 Å². The molecule has 1 N–H and O–H groups in total. The molecule has 0 radical (unpaired) electrons. The van der Waals surface area contributed by atoms with E-state index in [1.807, 2.05) is 6.07 Å². The lowest BCUT2D eigenvalue weighted by molar-refractivity contribution is -0.0768. The van der Waals surface area contributed by atoms with Crippen LogP contribution < -0.4 is 0 Å². The van der Waals surface area contributed by atoms with Crippen molar-refractivity contribution in [3.8, 4) is 0 Å². The van der Waals surface area contributed by atoms with E-state index < -0.39 is 0 Å². The predicted octanol–water partition coefficient (Wildman–Crippen LogP) is 3.90. The van der Waals surface area contributed by atoms with E-state index in [4.69, 9.17) is 17.0 Å².